The lowest BCUT2D eigenvalue weighted by molar-refractivity contribution is -0.116. The first kappa shape index (κ1) is 27.9. The Morgan fingerprint density at radius 2 is 1.74 bits per heavy atom. The Hall–Kier alpha value is -3.17. The van der Waals surface area contributed by atoms with Crippen LogP contribution in [0.25, 0.3) is 0 Å². The van der Waals surface area contributed by atoms with Crippen molar-refractivity contribution in [3.8, 4) is 5.75 Å². The molecule has 0 aliphatic carbocycles. The summed E-state index contributed by atoms with van der Waals surface area (Å²) in [4.78, 5) is 34.7. The number of methoxy groups -OCH3 is 1. The summed E-state index contributed by atoms with van der Waals surface area (Å²) in [5.41, 5.74) is 2.68. The van der Waals surface area contributed by atoms with Crippen LogP contribution in [0.2, 0.25) is 0 Å². The van der Waals surface area contributed by atoms with Gasteiger partial charge in [-0.05, 0) is 56.2 Å². The lowest BCUT2D eigenvalue weighted by Crippen LogP contribution is -2.41. The number of carbonyl (C=O) groups is 2. The van der Waals surface area contributed by atoms with Crippen LogP contribution in [0.5, 0.6) is 5.75 Å². The molecule has 38 heavy (non-hydrogen) atoms. The number of amides is 2. The minimum atomic E-state index is -0.411. The molecule has 0 spiro atoms. The van der Waals surface area contributed by atoms with Crippen LogP contribution in [0.3, 0.4) is 0 Å². The Morgan fingerprint density at radius 3 is 2.42 bits per heavy atom. The Labute approximate surface area is 224 Å². The standard InChI is InChI=1S/C29H39FN4O4/c1-21(2)31-10-5-11-34(22(3)35)27-18-24(30)7-6-23(27)20-33(13-12-31)29(36)26-19-25(8-9-28(26)37-4)32-14-16-38-17-15-32/h6-9,18-19,21H,5,10-17,20H2,1-4H3. The highest BCUT2D eigenvalue weighted by atomic mass is 19.1. The van der Waals surface area contributed by atoms with Gasteiger partial charge in [-0.1, -0.05) is 6.07 Å². The van der Waals surface area contributed by atoms with Gasteiger partial charge in [-0.2, -0.15) is 0 Å². The zero-order valence-electron chi connectivity index (χ0n) is 22.9. The minimum Gasteiger partial charge on any atom is -0.496 e. The molecule has 2 aliphatic heterocycles. The number of carbonyl (C=O) groups excluding carboxylic acids is 2. The van der Waals surface area contributed by atoms with Crippen LogP contribution in [0.1, 0.15) is 43.1 Å². The summed E-state index contributed by atoms with van der Waals surface area (Å²) in [6.45, 7) is 11.2. The largest absolute Gasteiger partial charge is 0.496 e. The van der Waals surface area contributed by atoms with Crippen LogP contribution < -0.4 is 14.5 Å². The zero-order chi connectivity index (χ0) is 27.2. The molecule has 0 radical (unpaired) electrons. The second kappa shape index (κ2) is 12.6. The molecule has 1 fully saturated rings. The third kappa shape index (κ3) is 6.45. The molecule has 4 rings (SSSR count). The van der Waals surface area contributed by atoms with Gasteiger partial charge in [0.1, 0.15) is 11.6 Å². The van der Waals surface area contributed by atoms with Crippen LogP contribution in [-0.2, 0) is 16.1 Å². The minimum absolute atomic E-state index is 0.148. The second-order valence-corrected chi connectivity index (χ2v) is 10.1. The molecular weight excluding hydrogens is 487 g/mol. The first-order valence-corrected chi connectivity index (χ1v) is 13.4. The number of morpholine rings is 1. The van der Waals surface area contributed by atoms with E-state index in [1.165, 1.54) is 19.1 Å². The summed E-state index contributed by atoms with van der Waals surface area (Å²) >= 11 is 0. The van der Waals surface area contributed by atoms with Crippen molar-refractivity contribution in [1.82, 2.24) is 9.80 Å². The first-order valence-electron chi connectivity index (χ1n) is 13.4. The predicted octanol–water partition coefficient (Wildman–Crippen LogP) is 3.78. The van der Waals surface area contributed by atoms with Gasteiger partial charge in [0, 0.05) is 64.5 Å². The average Bonchev–Trinajstić information content (AvgIpc) is 2.95. The molecule has 2 aromatic carbocycles. The van der Waals surface area contributed by atoms with E-state index in [1.807, 2.05) is 18.2 Å². The molecular formula is C29H39FN4O4. The van der Waals surface area contributed by atoms with Crippen LogP contribution >= 0.6 is 0 Å². The topological polar surface area (TPSA) is 65.6 Å². The molecule has 2 aliphatic rings. The molecule has 206 valence electrons. The van der Waals surface area contributed by atoms with Crippen molar-refractivity contribution in [1.29, 1.82) is 0 Å². The molecule has 0 unspecified atom stereocenters. The number of ether oxygens (including phenoxy) is 2. The van der Waals surface area contributed by atoms with E-state index in [2.05, 4.69) is 23.6 Å². The van der Waals surface area contributed by atoms with Gasteiger partial charge in [0.2, 0.25) is 5.91 Å². The first-order chi connectivity index (χ1) is 18.3. The molecule has 9 heteroatoms. The zero-order valence-corrected chi connectivity index (χ0v) is 22.9. The lowest BCUT2D eigenvalue weighted by Gasteiger charge is -2.31. The Kier molecular flexibility index (Phi) is 9.22. The fourth-order valence-corrected chi connectivity index (χ4v) is 5.19. The second-order valence-electron chi connectivity index (χ2n) is 10.1. The maximum atomic E-state index is 14.4. The Bertz CT molecular complexity index is 1140. The van der Waals surface area contributed by atoms with E-state index in [0.717, 1.165) is 37.3 Å². The van der Waals surface area contributed by atoms with Crippen molar-refractivity contribution in [2.24, 2.45) is 0 Å². The third-order valence-electron chi connectivity index (χ3n) is 7.37. The maximum absolute atomic E-state index is 14.4. The van der Waals surface area contributed by atoms with E-state index in [9.17, 15) is 14.0 Å². The number of hydrogen-bond acceptors (Lipinski definition) is 6. The van der Waals surface area contributed by atoms with Crippen molar-refractivity contribution in [2.75, 3.05) is 69.4 Å². The van der Waals surface area contributed by atoms with Crippen molar-refractivity contribution in [3.63, 3.8) is 0 Å². The molecule has 0 N–H and O–H groups in total. The molecule has 2 heterocycles. The summed E-state index contributed by atoms with van der Waals surface area (Å²) in [5, 5.41) is 0. The number of hydrogen-bond donors (Lipinski definition) is 0. The van der Waals surface area contributed by atoms with Gasteiger partial charge < -0.3 is 24.2 Å². The molecule has 0 bridgehead atoms. The van der Waals surface area contributed by atoms with Crippen molar-refractivity contribution in [3.05, 3.63) is 53.3 Å². The number of fused-ring (bicyclic) bond motifs is 1. The summed E-state index contributed by atoms with van der Waals surface area (Å²) in [7, 11) is 1.57. The van der Waals surface area contributed by atoms with E-state index in [-0.39, 0.29) is 24.4 Å². The normalized spacial score (nSPS) is 17.7. The van der Waals surface area contributed by atoms with Crippen LogP contribution in [0.4, 0.5) is 15.8 Å². The number of benzene rings is 2. The molecule has 0 saturated carbocycles. The monoisotopic (exact) mass is 526 g/mol. The highest BCUT2D eigenvalue weighted by molar-refractivity contribution is 5.98. The van der Waals surface area contributed by atoms with Crippen LogP contribution in [0, 0.1) is 5.82 Å². The van der Waals surface area contributed by atoms with Gasteiger partial charge >= 0.3 is 0 Å². The van der Waals surface area contributed by atoms with Gasteiger partial charge in [0.25, 0.3) is 5.91 Å². The summed E-state index contributed by atoms with van der Waals surface area (Å²) in [6, 6.07) is 10.4. The van der Waals surface area contributed by atoms with Gasteiger partial charge in [0.05, 0.1) is 31.6 Å². The lowest BCUT2D eigenvalue weighted by atomic mass is 10.1. The smallest absolute Gasteiger partial charge is 0.258 e. The number of halogens is 1. The van der Waals surface area contributed by atoms with E-state index in [4.69, 9.17) is 9.47 Å². The van der Waals surface area contributed by atoms with Crippen molar-refractivity contribution < 1.29 is 23.5 Å². The maximum Gasteiger partial charge on any atom is 0.258 e. The van der Waals surface area contributed by atoms with Gasteiger partial charge in [-0.15, -0.1) is 0 Å². The highest BCUT2D eigenvalue weighted by Gasteiger charge is 2.26. The highest BCUT2D eigenvalue weighted by Crippen LogP contribution is 2.30. The number of nitrogens with zero attached hydrogens (tertiary/aromatic N) is 4. The number of rotatable bonds is 4. The fourth-order valence-electron chi connectivity index (χ4n) is 5.19. The van der Waals surface area contributed by atoms with E-state index in [0.29, 0.717) is 49.8 Å². The van der Waals surface area contributed by atoms with E-state index < -0.39 is 5.82 Å². The van der Waals surface area contributed by atoms with Gasteiger partial charge in [-0.3, -0.25) is 14.5 Å². The predicted molar refractivity (Wildman–Crippen MR) is 147 cm³/mol. The summed E-state index contributed by atoms with van der Waals surface area (Å²) in [5.74, 6) is -0.215. The number of anilines is 2. The van der Waals surface area contributed by atoms with Crippen LogP contribution in [-0.4, -0.2) is 87.2 Å². The van der Waals surface area contributed by atoms with Crippen LogP contribution in [0.15, 0.2) is 36.4 Å². The summed E-state index contributed by atoms with van der Waals surface area (Å²) in [6.07, 6.45) is 0.747. The fraction of sp³-hybridized carbons (Fsp3) is 0.517. The molecule has 2 aromatic rings. The molecule has 1 saturated heterocycles. The molecule has 0 atom stereocenters. The van der Waals surface area contributed by atoms with Crippen molar-refractivity contribution in [2.45, 2.75) is 39.8 Å². The third-order valence-corrected chi connectivity index (χ3v) is 7.37. The quantitative estimate of drug-likeness (QED) is 0.604. The van der Waals surface area contributed by atoms with Gasteiger partial charge in [0.15, 0.2) is 0 Å². The Morgan fingerprint density at radius 1 is 0.974 bits per heavy atom. The molecule has 0 aromatic heterocycles. The van der Waals surface area contributed by atoms with E-state index in [1.54, 1.807) is 23.0 Å². The Balaban J connectivity index is 1.74. The molecule has 2 amide bonds. The average molecular weight is 527 g/mol. The van der Waals surface area contributed by atoms with Crippen molar-refractivity contribution >= 4 is 23.2 Å². The van der Waals surface area contributed by atoms with Gasteiger partial charge in [-0.25, -0.2) is 4.39 Å². The summed E-state index contributed by atoms with van der Waals surface area (Å²) < 4.78 is 25.5. The van der Waals surface area contributed by atoms with E-state index >= 15 is 0 Å². The SMILES string of the molecule is COc1ccc(N2CCOCC2)cc1C(=O)N1CCN(C(C)C)CCCN(C(C)=O)c2cc(F)ccc2C1. The molecule has 8 nitrogen and oxygen atoms in total.